The zero-order chi connectivity index (χ0) is 13.8. The smallest absolute Gasteiger partial charge is 0.356 e. The fourth-order valence-corrected chi connectivity index (χ4v) is 1.76. The predicted octanol–water partition coefficient (Wildman–Crippen LogP) is 2.75. The second-order valence-electron chi connectivity index (χ2n) is 3.99. The number of halogens is 1. The Kier molecular flexibility index (Phi) is 3.97. The minimum absolute atomic E-state index is 0.123. The van der Waals surface area contributed by atoms with Gasteiger partial charge >= 0.3 is 5.97 Å². The Hall–Kier alpha value is -2.14. The van der Waals surface area contributed by atoms with Gasteiger partial charge in [0.05, 0.1) is 5.02 Å². The topological polar surface area (TPSA) is 75.1 Å². The van der Waals surface area contributed by atoms with E-state index in [9.17, 15) is 4.79 Å². The average molecular weight is 278 g/mol. The number of carboxylic acid groups (broad SMARTS) is 1. The highest BCUT2D eigenvalue weighted by Crippen LogP contribution is 2.17. The van der Waals surface area contributed by atoms with E-state index in [-0.39, 0.29) is 10.7 Å². The number of nitrogens with one attached hydrogen (secondary N) is 1. The van der Waals surface area contributed by atoms with E-state index in [1.165, 1.54) is 6.07 Å². The highest BCUT2D eigenvalue weighted by molar-refractivity contribution is 6.33. The van der Waals surface area contributed by atoms with Crippen molar-refractivity contribution in [3.05, 3.63) is 52.4 Å². The molecular formula is C13H12ClN3O2. The summed E-state index contributed by atoms with van der Waals surface area (Å²) < 4.78 is 0. The van der Waals surface area contributed by atoms with Crippen molar-refractivity contribution in [1.29, 1.82) is 0 Å². The van der Waals surface area contributed by atoms with Gasteiger partial charge < -0.3 is 10.4 Å². The molecular weight excluding hydrogens is 266 g/mol. The zero-order valence-electron chi connectivity index (χ0n) is 10.2. The van der Waals surface area contributed by atoms with E-state index in [1.54, 1.807) is 18.5 Å². The fourth-order valence-electron chi connectivity index (χ4n) is 1.58. The average Bonchev–Trinajstić information content (AvgIpc) is 2.39. The van der Waals surface area contributed by atoms with Gasteiger partial charge in [-0.25, -0.2) is 9.78 Å². The van der Waals surface area contributed by atoms with Gasteiger partial charge in [-0.05, 0) is 36.2 Å². The highest BCUT2D eigenvalue weighted by atomic mass is 35.5. The first-order chi connectivity index (χ1) is 9.08. The van der Waals surface area contributed by atoms with Gasteiger partial charge in [-0.2, -0.15) is 0 Å². The standard InChI is InChI=1S/C13H12ClN3O2/c1-8-6-15-5-4-9(8)7-16-11-3-2-10(14)12(17-11)13(18)19/h2-6H,7H2,1H3,(H,16,17)(H,18,19). The summed E-state index contributed by atoms with van der Waals surface area (Å²) in [7, 11) is 0. The summed E-state index contributed by atoms with van der Waals surface area (Å²) >= 11 is 5.75. The maximum absolute atomic E-state index is 10.9. The van der Waals surface area contributed by atoms with Gasteiger partial charge in [0, 0.05) is 18.9 Å². The van der Waals surface area contributed by atoms with Crippen LogP contribution >= 0.6 is 11.6 Å². The van der Waals surface area contributed by atoms with E-state index in [0.717, 1.165) is 11.1 Å². The summed E-state index contributed by atoms with van der Waals surface area (Å²) in [6, 6.07) is 5.06. The van der Waals surface area contributed by atoms with E-state index >= 15 is 0 Å². The quantitative estimate of drug-likeness (QED) is 0.899. The molecule has 0 aliphatic carbocycles. The molecule has 0 aromatic carbocycles. The number of aryl methyl sites for hydroxylation is 1. The first-order valence-corrected chi connectivity index (χ1v) is 5.99. The molecule has 2 aromatic rings. The molecule has 6 heteroatoms. The van der Waals surface area contributed by atoms with Crippen LogP contribution in [0.4, 0.5) is 5.82 Å². The molecule has 2 heterocycles. The summed E-state index contributed by atoms with van der Waals surface area (Å²) in [6.07, 6.45) is 3.48. The SMILES string of the molecule is Cc1cnccc1CNc1ccc(Cl)c(C(=O)O)n1. The first kappa shape index (κ1) is 13.3. The zero-order valence-corrected chi connectivity index (χ0v) is 11.0. The molecule has 0 spiro atoms. The normalized spacial score (nSPS) is 10.2. The maximum atomic E-state index is 10.9. The second kappa shape index (κ2) is 5.67. The van der Waals surface area contributed by atoms with Crippen LogP contribution in [0.3, 0.4) is 0 Å². The Balaban J connectivity index is 2.14. The first-order valence-electron chi connectivity index (χ1n) is 5.61. The van der Waals surface area contributed by atoms with E-state index in [0.29, 0.717) is 12.4 Å². The number of rotatable bonds is 4. The third kappa shape index (κ3) is 3.20. The van der Waals surface area contributed by atoms with Crippen LogP contribution in [0.2, 0.25) is 5.02 Å². The Bertz CT molecular complexity index is 617. The van der Waals surface area contributed by atoms with Crippen LogP contribution in [-0.2, 0) is 6.54 Å². The lowest BCUT2D eigenvalue weighted by atomic mass is 10.1. The van der Waals surface area contributed by atoms with Crippen molar-refractivity contribution in [2.24, 2.45) is 0 Å². The van der Waals surface area contributed by atoms with Crippen LogP contribution in [0.5, 0.6) is 0 Å². The largest absolute Gasteiger partial charge is 0.476 e. The van der Waals surface area contributed by atoms with Gasteiger partial charge in [0.1, 0.15) is 5.82 Å². The number of aromatic nitrogens is 2. The van der Waals surface area contributed by atoms with E-state index in [1.807, 2.05) is 13.0 Å². The lowest BCUT2D eigenvalue weighted by Gasteiger charge is -2.08. The summed E-state index contributed by atoms with van der Waals surface area (Å²) in [6.45, 7) is 2.50. The van der Waals surface area contributed by atoms with Crippen LogP contribution in [0.25, 0.3) is 0 Å². The van der Waals surface area contributed by atoms with Gasteiger partial charge in [0.15, 0.2) is 5.69 Å². The molecule has 0 atom stereocenters. The van der Waals surface area contributed by atoms with Crippen LogP contribution in [0, 0.1) is 6.92 Å². The van der Waals surface area contributed by atoms with Crippen LogP contribution < -0.4 is 5.32 Å². The molecule has 0 bridgehead atoms. The molecule has 0 radical (unpaired) electrons. The molecule has 0 saturated carbocycles. The minimum atomic E-state index is -1.14. The lowest BCUT2D eigenvalue weighted by Crippen LogP contribution is -2.07. The van der Waals surface area contributed by atoms with E-state index in [2.05, 4.69) is 15.3 Å². The van der Waals surface area contributed by atoms with Gasteiger partial charge in [-0.15, -0.1) is 0 Å². The summed E-state index contributed by atoms with van der Waals surface area (Å²) in [5.41, 5.74) is 1.98. The molecule has 0 amide bonds. The molecule has 2 N–H and O–H groups in total. The summed E-state index contributed by atoms with van der Waals surface area (Å²) in [4.78, 5) is 18.9. The van der Waals surface area contributed by atoms with Crippen molar-refractivity contribution in [1.82, 2.24) is 9.97 Å². The molecule has 0 aliphatic heterocycles. The third-order valence-electron chi connectivity index (χ3n) is 2.65. The number of hydrogen-bond acceptors (Lipinski definition) is 4. The monoisotopic (exact) mass is 277 g/mol. The molecule has 19 heavy (non-hydrogen) atoms. The summed E-state index contributed by atoms with van der Waals surface area (Å²) in [5.74, 6) is -0.674. The fraction of sp³-hybridized carbons (Fsp3) is 0.154. The van der Waals surface area contributed by atoms with E-state index in [4.69, 9.17) is 16.7 Å². The van der Waals surface area contributed by atoms with Crippen molar-refractivity contribution in [2.45, 2.75) is 13.5 Å². The second-order valence-corrected chi connectivity index (χ2v) is 4.39. The molecule has 0 unspecified atom stereocenters. The predicted molar refractivity (Wildman–Crippen MR) is 72.5 cm³/mol. The van der Waals surface area contributed by atoms with Crippen molar-refractivity contribution in [3.8, 4) is 0 Å². The number of carboxylic acids is 1. The van der Waals surface area contributed by atoms with Crippen molar-refractivity contribution >= 4 is 23.4 Å². The number of pyridine rings is 2. The van der Waals surface area contributed by atoms with Crippen molar-refractivity contribution in [2.75, 3.05) is 5.32 Å². The van der Waals surface area contributed by atoms with Crippen LogP contribution in [0.15, 0.2) is 30.6 Å². The Morgan fingerprint density at radius 3 is 2.89 bits per heavy atom. The van der Waals surface area contributed by atoms with Gasteiger partial charge in [-0.1, -0.05) is 11.6 Å². The Labute approximate surface area is 115 Å². The van der Waals surface area contributed by atoms with Gasteiger partial charge in [-0.3, -0.25) is 4.98 Å². The van der Waals surface area contributed by atoms with Crippen LogP contribution in [0.1, 0.15) is 21.6 Å². The number of aromatic carboxylic acids is 1. The molecule has 2 aromatic heterocycles. The summed E-state index contributed by atoms with van der Waals surface area (Å²) in [5, 5.41) is 12.1. The Morgan fingerprint density at radius 2 is 2.21 bits per heavy atom. The van der Waals surface area contributed by atoms with E-state index < -0.39 is 5.97 Å². The van der Waals surface area contributed by atoms with Crippen molar-refractivity contribution < 1.29 is 9.90 Å². The van der Waals surface area contributed by atoms with Crippen molar-refractivity contribution in [3.63, 3.8) is 0 Å². The molecule has 0 saturated heterocycles. The number of carbonyl (C=O) groups is 1. The molecule has 0 fully saturated rings. The number of nitrogens with zero attached hydrogens (tertiary/aromatic N) is 2. The van der Waals surface area contributed by atoms with Gasteiger partial charge in [0.2, 0.25) is 0 Å². The number of hydrogen-bond donors (Lipinski definition) is 2. The van der Waals surface area contributed by atoms with Crippen LogP contribution in [-0.4, -0.2) is 21.0 Å². The third-order valence-corrected chi connectivity index (χ3v) is 2.95. The maximum Gasteiger partial charge on any atom is 0.356 e. The molecule has 98 valence electrons. The Morgan fingerprint density at radius 1 is 1.42 bits per heavy atom. The molecule has 2 rings (SSSR count). The lowest BCUT2D eigenvalue weighted by molar-refractivity contribution is 0.0691. The van der Waals surface area contributed by atoms with Gasteiger partial charge in [0.25, 0.3) is 0 Å². The highest BCUT2D eigenvalue weighted by Gasteiger charge is 2.11. The number of anilines is 1. The minimum Gasteiger partial charge on any atom is -0.476 e. The molecule has 5 nitrogen and oxygen atoms in total. The molecule has 0 aliphatic rings.